The van der Waals surface area contributed by atoms with Gasteiger partial charge in [-0.05, 0) is 108 Å². The fraction of sp³-hybridized carbons (Fsp3) is 0. The summed E-state index contributed by atoms with van der Waals surface area (Å²) in [7, 11) is 0. The predicted molar refractivity (Wildman–Crippen MR) is 233 cm³/mol. The molecule has 0 saturated heterocycles. The molecule has 11 aromatic rings. The highest BCUT2D eigenvalue weighted by atomic mass is 15.0. The zero-order valence-corrected chi connectivity index (χ0v) is 30.0. The molecule has 0 N–H and O–H groups in total. The number of fused-ring (bicyclic) bond motifs is 7. The predicted octanol–water partition coefficient (Wildman–Crippen LogP) is 14.3. The first kappa shape index (κ1) is 31.3. The van der Waals surface area contributed by atoms with Crippen molar-refractivity contribution in [2.75, 3.05) is 0 Å². The third-order valence-electron chi connectivity index (χ3n) is 11.2. The summed E-state index contributed by atoms with van der Waals surface area (Å²) in [4.78, 5) is 4.59. The number of pyridine rings is 1. The molecule has 0 aliphatic carbocycles. The first-order valence-electron chi connectivity index (χ1n) is 18.9. The van der Waals surface area contributed by atoms with Gasteiger partial charge in [0.1, 0.15) is 0 Å². The minimum absolute atomic E-state index is 1.14. The second kappa shape index (κ2) is 12.7. The number of para-hydroxylation sites is 1. The van der Waals surface area contributed by atoms with Gasteiger partial charge in [0.25, 0.3) is 0 Å². The number of rotatable bonds is 5. The molecule has 0 radical (unpaired) electrons. The molecule has 0 unspecified atom stereocenters. The van der Waals surface area contributed by atoms with Crippen LogP contribution in [0.25, 0.3) is 104 Å². The smallest absolute Gasteiger partial charge is 0.0620 e. The zero-order valence-electron chi connectivity index (χ0n) is 30.0. The lowest BCUT2D eigenvalue weighted by Gasteiger charge is -2.19. The Morgan fingerprint density at radius 1 is 0.327 bits per heavy atom. The van der Waals surface area contributed by atoms with Crippen LogP contribution in [0, 0.1) is 0 Å². The lowest BCUT2D eigenvalue weighted by atomic mass is 9.84. The molecule has 9 aromatic carbocycles. The van der Waals surface area contributed by atoms with Crippen molar-refractivity contribution < 1.29 is 0 Å². The van der Waals surface area contributed by atoms with Crippen LogP contribution in [0.2, 0.25) is 0 Å². The molecule has 0 amide bonds. The van der Waals surface area contributed by atoms with Crippen LogP contribution in [-0.4, -0.2) is 9.55 Å². The molecular weight excluding hydrogens is 665 g/mol. The Kier molecular flexibility index (Phi) is 7.21. The van der Waals surface area contributed by atoms with Gasteiger partial charge in [0, 0.05) is 34.2 Å². The van der Waals surface area contributed by atoms with E-state index in [0.29, 0.717) is 0 Å². The summed E-state index contributed by atoms with van der Waals surface area (Å²) in [6.07, 6.45) is 3.91. The van der Waals surface area contributed by atoms with Crippen molar-refractivity contribution in [2.45, 2.75) is 0 Å². The van der Waals surface area contributed by atoms with E-state index < -0.39 is 0 Å². The van der Waals surface area contributed by atoms with Crippen LogP contribution in [0.5, 0.6) is 0 Å². The van der Waals surface area contributed by atoms with Crippen LogP contribution < -0.4 is 0 Å². The van der Waals surface area contributed by atoms with E-state index in [1.807, 2.05) is 12.4 Å². The molecule has 0 fully saturated rings. The molecule has 55 heavy (non-hydrogen) atoms. The summed E-state index contributed by atoms with van der Waals surface area (Å²) in [5, 5.41) is 9.82. The van der Waals surface area contributed by atoms with Crippen molar-refractivity contribution in [3.8, 4) is 50.2 Å². The van der Waals surface area contributed by atoms with Gasteiger partial charge in [0.05, 0.1) is 11.0 Å². The second-order valence-electron chi connectivity index (χ2n) is 14.3. The molecule has 2 heterocycles. The molecule has 256 valence electrons. The minimum Gasteiger partial charge on any atom is -0.309 e. The Labute approximate surface area is 319 Å². The van der Waals surface area contributed by atoms with Gasteiger partial charge in [-0.2, -0.15) is 0 Å². The molecule has 2 nitrogen and oxygen atoms in total. The van der Waals surface area contributed by atoms with Gasteiger partial charge in [-0.3, -0.25) is 4.98 Å². The van der Waals surface area contributed by atoms with E-state index in [-0.39, 0.29) is 0 Å². The molecule has 0 aliphatic rings. The maximum Gasteiger partial charge on any atom is 0.0620 e. The van der Waals surface area contributed by atoms with Crippen molar-refractivity contribution in [1.82, 2.24) is 9.55 Å². The number of aromatic nitrogens is 2. The topological polar surface area (TPSA) is 17.8 Å². The Balaban J connectivity index is 1.15. The second-order valence-corrected chi connectivity index (χ2v) is 14.3. The standard InChI is InChI=1S/C53H34N2/c1-4-15-35(16-5-1)51-42-24-11-12-25-43(42)52(36-17-6-2-7-18-36)47-32-38(27-28-44(47)51)37-19-14-20-39(31-37)46-33-48-49-34-54-30-29-50(49)55(40-21-8-3-9-22-40)53(48)45-26-13-10-23-41(45)46/h1-34H. The normalized spacial score (nSPS) is 11.6. The quantitative estimate of drug-likeness (QED) is 0.164. The third kappa shape index (κ3) is 5.00. The van der Waals surface area contributed by atoms with E-state index in [1.165, 1.54) is 87.7 Å². The average molecular weight is 699 g/mol. The lowest BCUT2D eigenvalue weighted by molar-refractivity contribution is 1.18. The molecule has 2 aromatic heterocycles. The monoisotopic (exact) mass is 698 g/mol. The van der Waals surface area contributed by atoms with E-state index in [4.69, 9.17) is 0 Å². The Bertz CT molecular complexity index is 3230. The molecule has 0 aliphatic heterocycles. The Hall–Kier alpha value is -7.29. The molecule has 0 saturated carbocycles. The van der Waals surface area contributed by atoms with Crippen molar-refractivity contribution in [3.05, 3.63) is 207 Å². The maximum atomic E-state index is 4.59. The lowest BCUT2D eigenvalue weighted by Crippen LogP contribution is -1.94. The average Bonchev–Trinajstić information content (AvgIpc) is 3.60. The molecular formula is C53H34N2. The van der Waals surface area contributed by atoms with Crippen LogP contribution in [0.4, 0.5) is 0 Å². The van der Waals surface area contributed by atoms with E-state index in [1.54, 1.807) is 0 Å². The van der Waals surface area contributed by atoms with Gasteiger partial charge >= 0.3 is 0 Å². The Morgan fingerprint density at radius 2 is 0.873 bits per heavy atom. The summed E-state index contributed by atoms with van der Waals surface area (Å²) >= 11 is 0. The highest BCUT2D eigenvalue weighted by Crippen LogP contribution is 2.46. The first-order valence-corrected chi connectivity index (χ1v) is 18.9. The van der Waals surface area contributed by atoms with E-state index in [0.717, 1.165) is 16.6 Å². The van der Waals surface area contributed by atoms with Crippen LogP contribution in [0.1, 0.15) is 0 Å². The van der Waals surface area contributed by atoms with Gasteiger partial charge in [-0.15, -0.1) is 0 Å². The summed E-state index contributed by atoms with van der Waals surface area (Å²) in [6.45, 7) is 0. The molecule has 2 heteroatoms. The van der Waals surface area contributed by atoms with Gasteiger partial charge in [-0.25, -0.2) is 0 Å². The van der Waals surface area contributed by atoms with Crippen LogP contribution >= 0.6 is 0 Å². The number of benzene rings is 9. The van der Waals surface area contributed by atoms with E-state index in [2.05, 4.69) is 204 Å². The largest absolute Gasteiger partial charge is 0.309 e. The van der Waals surface area contributed by atoms with Gasteiger partial charge in [-0.1, -0.05) is 158 Å². The van der Waals surface area contributed by atoms with Crippen molar-refractivity contribution in [1.29, 1.82) is 0 Å². The number of hydrogen-bond acceptors (Lipinski definition) is 1. The van der Waals surface area contributed by atoms with Crippen LogP contribution in [0.3, 0.4) is 0 Å². The minimum atomic E-state index is 1.14. The fourth-order valence-corrected chi connectivity index (χ4v) is 8.86. The Morgan fingerprint density at radius 3 is 1.58 bits per heavy atom. The summed E-state index contributed by atoms with van der Waals surface area (Å²) in [5.74, 6) is 0. The maximum absolute atomic E-state index is 4.59. The summed E-state index contributed by atoms with van der Waals surface area (Å²) in [5.41, 5.74) is 13.3. The zero-order chi connectivity index (χ0) is 36.3. The highest BCUT2D eigenvalue weighted by molar-refractivity contribution is 6.23. The molecule has 0 bridgehead atoms. The number of nitrogens with zero attached hydrogens (tertiary/aromatic N) is 2. The third-order valence-corrected chi connectivity index (χ3v) is 11.2. The van der Waals surface area contributed by atoms with Gasteiger partial charge < -0.3 is 4.57 Å². The van der Waals surface area contributed by atoms with E-state index >= 15 is 0 Å². The van der Waals surface area contributed by atoms with Crippen molar-refractivity contribution >= 4 is 54.1 Å². The van der Waals surface area contributed by atoms with Gasteiger partial charge in [0.15, 0.2) is 0 Å². The van der Waals surface area contributed by atoms with E-state index in [9.17, 15) is 0 Å². The number of hydrogen-bond donors (Lipinski definition) is 0. The van der Waals surface area contributed by atoms with Crippen LogP contribution in [0.15, 0.2) is 207 Å². The highest BCUT2D eigenvalue weighted by Gasteiger charge is 2.20. The SMILES string of the molecule is c1ccc(-c2c3ccccc3c(-c3ccccc3)c3cc(-c4cccc(-c5cc6c7cnccc7n(-c7ccccc7)c6c6ccccc56)c4)ccc23)cc1. The van der Waals surface area contributed by atoms with Gasteiger partial charge in [0.2, 0.25) is 0 Å². The van der Waals surface area contributed by atoms with Crippen molar-refractivity contribution in [2.24, 2.45) is 0 Å². The molecule has 0 atom stereocenters. The molecule has 11 rings (SSSR count). The summed E-state index contributed by atoms with van der Waals surface area (Å²) in [6, 6.07) is 70.7. The van der Waals surface area contributed by atoms with Crippen molar-refractivity contribution in [3.63, 3.8) is 0 Å². The molecule has 0 spiro atoms. The van der Waals surface area contributed by atoms with Crippen LogP contribution in [-0.2, 0) is 0 Å². The fourth-order valence-electron chi connectivity index (χ4n) is 8.86. The first-order chi connectivity index (χ1) is 27.3. The summed E-state index contributed by atoms with van der Waals surface area (Å²) < 4.78 is 2.39.